The van der Waals surface area contributed by atoms with Crippen LogP contribution in [0.25, 0.3) is 0 Å². The number of hydrogen-bond acceptors (Lipinski definition) is 5. The number of likely N-dealkylation sites (tertiary alicyclic amines) is 1. The van der Waals surface area contributed by atoms with Crippen LogP contribution in [0.5, 0.6) is 11.5 Å². The van der Waals surface area contributed by atoms with Crippen LogP contribution in [-0.4, -0.2) is 54.6 Å². The molecule has 1 saturated heterocycles. The van der Waals surface area contributed by atoms with Crippen molar-refractivity contribution >= 4 is 5.91 Å². The summed E-state index contributed by atoms with van der Waals surface area (Å²) in [6.45, 7) is 2.62. The van der Waals surface area contributed by atoms with E-state index in [1.54, 1.807) is 4.90 Å². The predicted molar refractivity (Wildman–Crippen MR) is 110 cm³/mol. The van der Waals surface area contributed by atoms with Crippen LogP contribution < -0.4 is 9.47 Å². The molecule has 1 amide bonds. The van der Waals surface area contributed by atoms with Gasteiger partial charge in [-0.25, -0.2) is 0 Å². The molecule has 0 spiro atoms. The van der Waals surface area contributed by atoms with Crippen molar-refractivity contribution in [2.75, 3.05) is 33.4 Å². The number of ether oxygens (including phenoxy) is 2. The van der Waals surface area contributed by atoms with Gasteiger partial charge in [-0.1, -0.05) is 25.3 Å². The third-order valence-electron chi connectivity index (χ3n) is 6.76. The molecule has 0 unspecified atom stereocenters. The molecule has 0 radical (unpaired) electrons. The molecule has 0 N–H and O–H groups in total. The summed E-state index contributed by atoms with van der Waals surface area (Å²) in [5.74, 6) is 1.66. The lowest BCUT2D eigenvalue weighted by Crippen LogP contribution is -2.52. The number of benzene rings is 1. The molecule has 0 bridgehead atoms. The maximum atomic E-state index is 13.1. The van der Waals surface area contributed by atoms with Gasteiger partial charge in [0.05, 0.1) is 25.8 Å². The van der Waals surface area contributed by atoms with Gasteiger partial charge in [0.15, 0.2) is 11.5 Å². The summed E-state index contributed by atoms with van der Waals surface area (Å²) < 4.78 is 11.6. The first-order chi connectivity index (χ1) is 14.1. The van der Waals surface area contributed by atoms with Crippen LogP contribution in [0, 0.1) is 11.3 Å². The van der Waals surface area contributed by atoms with Gasteiger partial charge >= 0.3 is 0 Å². The molecular formula is C23H31N3O3. The van der Waals surface area contributed by atoms with E-state index in [0.717, 1.165) is 69.4 Å². The number of carbonyl (C=O) groups is 1. The average molecular weight is 398 g/mol. The SMILES string of the molecule is CN(C(=O)CN1CCC[C@@H]1c1ccc2c(c1)OCCCO2)C1(C#N)CCCCC1. The van der Waals surface area contributed by atoms with Crippen LogP contribution >= 0.6 is 0 Å². The summed E-state index contributed by atoms with van der Waals surface area (Å²) in [6, 6.07) is 8.84. The van der Waals surface area contributed by atoms with Crippen LogP contribution in [-0.2, 0) is 4.79 Å². The van der Waals surface area contributed by atoms with E-state index in [2.05, 4.69) is 23.1 Å². The standard InChI is InChI=1S/C23H31N3O3/c1-25(23(17-24)10-3-2-4-11-23)22(27)16-26-12-5-7-19(26)18-8-9-20-21(15-18)29-14-6-13-28-20/h8-9,15,19H,2-7,10-14,16H2,1H3/t19-/m1/s1. The fraction of sp³-hybridized carbons (Fsp3) is 0.652. The zero-order chi connectivity index (χ0) is 20.3. The fourth-order valence-electron chi connectivity index (χ4n) is 4.96. The number of amides is 1. The highest BCUT2D eigenvalue weighted by molar-refractivity contribution is 5.79. The van der Waals surface area contributed by atoms with Crippen LogP contribution in [0.3, 0.4) is 0 Å². The molecule has 1 aromatic rings. The number of nitriles is 1. The summed E-state index contributed by atoms with van der Waals surface area (Å²) >= 11 is 0. The van der Waals surface area contributed by atoms with Crippen molar-refractivity contribution in [2.24, 2.45) is 0 Å². The molecule has 1 atom stereocenters. The molecule has 156 valence electrons. The third kappa shape index (κ3) is 4.06. The molecule has 2 fully saturated rings. The highest BCUT2D eigenvalue weighted by Gasteiger charge is 2.40. The first-order valence-electron chi connectivity index (χ1n) is 10.9. The second-order valence-corrected chi connectivity index (χ2v) is 8.54. The average Bonchev–Trinajstić information content (AvgIpc) is 3.08. The Morgan fingerprint density at radius 3 is 2.69 bits per heavy atom. The minimum Gasteiger partial charge on any atom is -0.490 e. The number of hydrogen-bond donors (Lipinski definition) is 0. The summed E-state index contributed by atoms with van der Waals surface area (Å²) in [4.78, 5) is 17.1. The number of fused-ring (bicyclic) bond motifs is 1. The lowest BCUT2D eigenvalue weighted by molar-refractivity contribution is -0.136. The van der Waals surface area contributed by atoms with Crippen LogP contribution in [0.1, 0.15) is 63.0 Å². The Hall–Kier alpha value is -2.26. The number of nitrogens with zero attached hydrogens (tertiary/aromatic N) is 3. The zero-order valence-electron chi connectivity index (χ0n) is 17.4. The Balaban J connectivity index is 1.47. The Labute approximate surface area is 173 Å². The van der Waals surface area contributed by atoms with Gasteiger partial charge < -0.3 is 14.4 Å². The topological polar surface area (TPSA) is 65.8 Å². The van der Waals surface area contributed by atoms with Crippen molar-refractivity contribution in [1.82, 2.24) is 9.80 Å². The lowest BCUT2D eigenvalue weighted by Gasteiger charge is -2.40. The van der Waals surface area contributed by atoms with Crippen LogP contribution in [0.15, 0.2) is 18.2 Å². The van der Waals surface area contributed by atoms with Gasteiger partial charge in [0, 0.05) is 19.5 Å². The fourth-order valence-corrected chi connectivity index (χ4v) is 4.96. The summed E-state index contributed by atoms with van der Waals surface area (Å²) in [5, 5.41) is 9.80. The molecule has 4 rings (SSSR count). The Kier molecular flexibility index (Phi) is 5.96. The quantitative estimate of drug-likeness (QED) is 0.776. The van der Waals surface area contributed by atoms with Crippen molar-refractivity contribution in [3.63, 3.8) is 0 Å². The number of likely N-dealkylation sites (N-methyl/N-ethyl adjacent to an activating group) is 1. The van der Waals surface area contributed by atoms with E-state index in [1.165, 1.54) is 5.56 Å². The molecule has 0 aromatic heterocycles. The van der Waals surface area contributed by atoms with Crippen molar-refractivity contribution in [3.8, 4) is 17.6 Å². The normalized spacial score (nSPS) is 23.8. The second-order valence-electron chi connectivity index (χ2n) is 8.54. The van der Waals surface area contributed by atoms with E-state index in [9.17, 15) is 10.1 Å². The van der Waals surface area contributed by atoms with Crippen LogP contribution in [0.4, 0.5) is 0 Å². The second kappa shape index (κ2) is 8.62. The Morgan fingerprint density at radius 1 is 1.17 bits per heavy atom. The van der Waals surface area contributed by atoms with Gasteiger partial charge in [0.25, 0.3) is 0 Å². The highest BCUT2D eigenvalue weighted by Crippen LogP contribution is 2.38. The summed E-state index contributed by atoms with van der Waals surface area (Å²) in [6.07, 6.45) is 7.77. The van der Waals surface area contributed by atoms with Crippen LogP contribution in [0.2, 0.25) is 0 Å². The molecule has 1 aliphatic carbocycles. The third-order valence-corrected chi connectivity index (χ3v) is 6.76. The van der Waals surface area contributed by atoms with Gasteiger partial charge in [0.1, 0.15) is 5.54 Å². The van der Waals surface area contributed by atoms with E-state index in [1.807, 2.05) is 13.1 Å². The van der Waals surface area contributed by atoms with E-state index >= 15 is 0 Å². The summed E-state index contributed by atoms with van der Waals surface area (Å²) in [5.41, 5.74) is 0.551. The highest BCUT2D eigenvalue weighted by atomic mass is 16.5. The van der Waals surface area contributed by atoms with E-state index < -0.39 is 5.54 Å². The van der Waals surface area contributed by atoms with Gasteiger partial charge in [-0.05, 0) is 49.9 Å². The molecule has 1 saturated carbocycles. The minimum atomic E-state index is -0.625. The number of carbonyl (C=O) groups excluding carboxylic acids is 1. The zero-order valence-corrected chi connectivity index (χ0v) is 17.4. The lowest BCUT2D eigenvalue weighted by atomic mass is 9.81. The van der Waals surface area contributed by atoms with Gasteiger partial charge in [0.2, 0.25) is 5.91 Å². The molecular weight excluding hydrogens is 366 g/mol. The summed E-state index contributed by atoms with van der Waals surface area (Å²) in [7, 11) is 1.82. The minimum absolute atomic E-state index is 0.0506. The van der Waals surface area contributed by atoms with E-state index in [4.69, 9.17) is 9.47 Å². The first kappa shape index (κ1) is 20.0. The molecule has 6 nitrogen and oxygen atoms in total. The van der Waals surface area contributed by atoms with Crippen molar-refractivity contribution in [2.45, 2.75) is 62.9 Å². The largest absolute Gasteiger partial charge is 0.490 e. The van der Waals surface area contributed by atoms with Crippen molar-refractivity contribution in [3.05, 3.63) is 23.8 Å². The molecule has 2 heterocycles. The molecule has 6 heteroatoms. The van der Waals surface area contributed by atoms with Crippen molar-refractivity contribution < 1.29 is 14.3 Å². The van der Waals surface area contributed by atoms with Gasteiger partial charge in [-0.15, -0.1) is 0 Å². The predicted octanol–water partition coefficient (Wildman–Crippen LogP) is 3.67. The van der Waals surface area contributed by atoms with Gasteiger partial charge in [-0.2, -0.15) is 5.26 Å². The number of rotatable bonds is 4. The van der Waals surface area contributed by atoms with Crippen molar-refractivity contribution in [1.29, 1.82) is 5.26 Å². The van der Waals surface area contributed by atoms with Gasteiger partial charge in [-0.3, -0.25) is 9.69 Å². The molecule has 29 heavy (non-hydrogen) atoms. The monoisotopic (exact) mass is 397 g/mol. The smallest absolute Gasteiger partial charge is 0.237 e. The van der Waals surface area contributed by atoms with E-state index in [-0.39, 0.29) is 11.9 Å². The Morgan fingerprint density at radius 2 is 1.93 bits per heavy atom. The first-order valence-corrected chi connectivity index (χ1v) is 10.9. The molecule has 2 aliphatic heterocycles. The molecule has 3 aliphatic rings. The maximum absolute atomic E-state index is 13.1. The Bertz CT molecular complexity index is 782. The maximum Gasteiger partial charge on any atom is 0.237 e. The van der Waals surface area contributed by atoms with E-state index in [0.29, 0.717) is 19.8 Å². The molecule has 1 aromatic carbocycles.